The molecule has 0 N–H and O–H groups in total. The SMILES string of the molecule is Cc1ccc(C2=C(c3ccc(CS(=O)[O-])c(F)c3)CCC2)cc1F. The van der Waals surface area contributed by atoms with Gasteiger partial charge < -0.3 is 4.55 Å². The maximum Gasteiger partial charge on any atom is 0.127 e. The van der Waals surface area contributed by atoms with Crippen molar-refractivity contribution in [1.82, 2.24) is 0 Å². The molecular weight excluding hydrogens is 330 g/mol. The van der Waals surface area contributed by atoms with E-state index in [0.29, 0.717) is 5.56 Å². The van der Waals surface area contributed by atoms with Crippen LogP contribution in [-0.2, 0) is 16.8 Å². The smallest absolute Gasteiger partial charge is 0.127 e. The van der Waals surface area contributed by atoms with Gasteiger partial charge in [0.2, 0.25) is 0 Å². The highest BCUT2D eigenvalue weighted by Crippen LogP contribution is 2.40. The van der Waals surface area contributed by atoms with E-state index in [2.05, 4.69) is 0 Å². The Balaban J connectivity index is 2.01. The topological polar surface area (TPSA) is 40.1 Å². The quantitative estimate of drug-likeness (QED) is 0.749. The van der Waals surface area contributed by atoms with E-state index >= 15 is 0 Å². The van der Waals surface area contributed by atoms with Crippen LogP contribution in [0.2, 0.25) is 0 Å². The van der Waals surface area contributed by atoms with Crippen LogP contribution in [-0.4, -0.2) is 8.76 Å². The van der Waals surface area contributed by atoms with E-state index in [1.165, 1.54) is 18.2 Å². The Morgan fingerprint density at radius 2 is 1.58 bits per heavy atom. The lowest BCUT2D eigenvalue weighted by atomic mass is 9.95. The molecule has 0 amide bonds. The molecule has 1 unspecified atom stereocenters. The first-order valence-electron chi connectivity index (χ1n) is 7.79. The van der Waals surface area contributed by atoms with E-state index in [0.717, 1.165) is 41.5 Å². The van der Waals surface area contributed by atoms with Gasteiger partial charge in [-0.15, -0.1) is 0 Å². The summed E-state index contributed by atoms with van der Waals surface area (Å²) in [4.78, 5) is 0. The summed E-state index contributed by atoms with van der Waals surface area (Å²) in [6.07, 6.45) is 2.57. The fourth-order valence-corrected chi connectivity index (χ4v) is 3.63. The molecule has 3 rings (SSSR count). The van der Waals surface area contributed by atoms with Gasteiger partial charge in [0.1, 0.15) is 11.6 Å². The van der Waals surface area contributed by atoms with Crippen molar-refractivity contribution in [1.29, 1.82) is 0 Å². The largest absolute Gasteiger partial charge is 0.772 e. The van der Waals surface area contributed by atoms with E-state index in [4.69, 9.17) is 0 Å². The zero-order valence-electron chi connectivity index (χ0n) is 13.3. The van der Waals surface area contributed by atoms with Crippen LogP contribution in [0.3, 0.4) is 0 Å². The van der Waals surface area contributed by atoms with Gasteiger partial charge in [-0.05, 0) is 71.7 Å². The third-order valence-electron chi connectivity index (χ3n) is 4.41. The summed E-state index contributed by atoms with van der Waals surface area (Å²) in [7, 11) is 0. The predicted octanol–water partition coefficient (Wildman–Crippen LogP) is 4.75. The standard InChI is InChI=1S/C19H18F2O2S/c1-12-5-6-13(9-18(12)20)16-3-2-4-17(16)14-7-8-15(11-24(22)23)19(21)10-14/h5-10H,2-4,11H2,1H3,(H,22,23)/p-1. The summed E-state index contributed by atoms with van der Waals surface area (Å²) in [5.74, 6) is -1.10. The normalized spacial score (nSPS) is 15.8. The first-order chi connectivity index (χ1) is 11.5. The Labute approximate surface area is 142 Å². The number of rotatable bonds is 4. The summed E-state index contributed by atoms with van der Waals surface area (Å²) < 4.78 is 49.5. The number of halogens is 2. The molecule has 1 aliphatic rings. The van der Waals surface area contributed by atoms with E-state index in [1.54, 1.807) is 19.1 Å². The van der Waals surface area contributed by atoms with Gasteiger partial charge in [0, 0.05) is 5.75 Å². The minimum Gasteiger partial charge on any atom is -0.772 e. The molecule has 0 fully saturated rings. The molecule has 0 aromatic heterocycles. The third kappa shape index (κ3) is 3.47. The minimum atomic E-state index is -2.32. The van der Waals surface area contributed by atoms with Crippen molar-refractivity contribution in [2.24, 2.45) is 0 Å². The second-order valence-corrected chi connectivity index (χ2v) is 6.93. The lowest BCUT2D eigenvalue weighted by molar-refractivity contribution is 0.533. The van der Waals surface area contributed by atoms with Gasteiger partial charge in [-0.1, -0.05) is 35.3 Å². The average Bonchev–Trinajstić information content (AvgIpc) is 3.01. The fourth-order valence-electron chi connectivity index (χ4n) is 3.14. The highest BCUT2D eigenvalue weighted by atomic mass is 32.2. The van der Waals surface area contributed by atoms with Crippen LogP contribution < -0.4 is 0 Å². The van der Waals surface area contributed by atoms with E-state index in [9.17, 15) is 17.5 Å². The summed E-state index contributed by atoms with van der Waals surface area (Å²) >= 11 is -2.32. The molecule has 1 atom stereocenters. The van der Waals surface area contributed by atoms with Crippen LogP contribution in [0, 0.1) is 18.6 Å². The minimum absolute atomic E-state index is 0.161. The molecule has 0 saturated heterocycles. The molecular formula is C19H17F2O2S-. The number of hydrogen-bond acceptors (Lipinski definition) is 2. The van der Waals surface area contributed by atoms with Crippen molar-refractivity contribution in [3.63, 3.8) is 0 Å². The Kier molecular flexibility index (Phi) is 4.92. The monoisotopic (exact) mass is 347 g/mol. The Morgan fingerprint density at radius 3 is 2.12 bits per heavy atom. The van der Waals surface area contributed by atoms with Gasteiger partial charge in [-0.2, -0.15) is 0 Å². The molecule has 0 heterocycles. The molecule has 5 heteroatoms. The van der Waals surface area contributed by atoms with Crippen molar-refractivity contribution < 1.29 is 17.5 Å². The molecule has 0 bridgehead atoms. The number of aryl methyl sites for hydroxylation is 1. The summed E-state index contributed by atoms with van der Waals surface area (Å²) in [6.45, 7) is 1.72. The molecule has 0 aliphatic heterocycles. The second-order valence-electron chi connectivity index (χ2n) is 6.03. The molecule has 126 valence electrons. The molecule has 0 saturated carbocycles. The van der Waals surface area contributed by atoms with Crippen LogP contribution in [0.15, 0.2) is 36.4 Å². The first kappa shape index (κ1) is 17.0. The summed E-state index contributed by atoms with van der Waals surface area (Å²) in [6, 6.07) is 9.81. The third-order valence-corrected chi connectivity index (χ3v) is 4.96. The molecule has 1 aliphatic carbocycles. The molecule has 2 nitrogen and oxygen atoms in total. The van der Waals surface area contributed by atoms with Crippen molar-refractivity contribution >= 4 is 22.2 Å². The van der Waals surface area contributed by atoms with Crippen molar-refractivity contribution in [3.8, 4) is 0 Å². The Morgan fingerprint density at radius 1 is 1.00 bits per heavy atom. The van der Waals surface area contributed by atoms with Gasteiger partial charge in [0.15, 0.2) is 0 Å². The zero-order chi connectivity index (χ0) is 17.3. The molecule has 0 radical (unpaired) electrons. The lowest BCUT2D eigenvalue weighted by Crippen LogP contribution is -1.98. The zero-order valence-corrected chi connectivity index (χ0v) is 14.1. The van der Waals surface area contributed by atoms with Crippen molar-refractivity contribution in [3.05, 3.63) is 70.3 Å². The van der Waals surface area contributed by atoms with Crippen LogP contribution in [0.5, 0.6) is 0 Å². The maximum absolute atomic E-state index is 14.2. The maximum atomic E-state index is 14.2. The van der Waals surface area contributed by atoms with Crippen molar-refractivity contribution in [2.45, 2.75) is 31.9 Å². The fraction of sp³-hybridized carbons (Fsp3) is 0.263. The summed E-state index contributed by atoms with van der Waals surface area (Å²) in [5, 5.41) is 0. The van der Waals surface area contributed by atoms with Gasteiger partial charge >= 0.3 is 0 Å². The van der Waals surface area contributed by atoms with Gasteiger partial charge in [0.25, 0.3) is 0 Å². The van der Waals surface area contributed by atoms with Crippen LogP contribution in [0.4, 0.5) is 8.78 Å². The lowest BCUT2D eigenvalue weighted by Gasteiger charge is -2.12. The molecule has 0 spiro atoms. The number of hydrogen-bond donors (Lipinski definition) is 0. The van der Waals surface area contributed by atoms with Crippen LogP contribution >= 0.6 is 0 Å². The predicted molar refractivity (Wildman–Crippen MR) is 90.8 cm³/mol. The van der Waals surface area contributed by atoms with Gasteiger partial charge in [-0.3, -0.25) is 4.21 Å². The molecule has 24 heavy (non-hydrogen) atoms. The van der Waals surface area contributed by atoms with E-state index in [1.807, 2.05) is 6.07 Å². The summed E-state index contributed by atoms with van der Waals surface area (Å²) in [5.41, 5.74) is 4.37. The average molecular weight is 347 g/mol. The number of allylic oxidation sites excluding steroid dienone is 2. The number of benzene rings is 2. The Bertz CT molecular complexity index is 843. The Hall–Kier alpha value is -1.85. The van der Waals surface area contributed by atoms with Crippen LogP contribution in [0.25, 0.3) is 11.1 Å². The highest BCUT2D eigenvalue weighted by Gasteiger charge is 2.19. The highest BCUT2D eigenvalue weighted by molar-refractivity contribution is 7.78. The van der Waals surface area contributed by atoms with Crippen LogP contribution in [0.1, 0.15) is 41.5 Å². The van der Waals surface area contributed by atoms with E-state index in [-0.39, 0.29) is 17.1 Å². The molecule has 2 aromatic carbocycles. The van der Waals surface area contributed by atoms with Gasteiger partial charge in [-0.25, -0.2) is 8.78 Å². The first-order valence-corrected chi connectivity index (χ1v) is 9.03. The second kappa shape index (κ2) is 6.95. The van der Waals surface area contributed by atoms with E-state index < -0.39 is 16.9 Å². The molecule has 2 aromatic rings. The van der Waals surface area contributed by atoms with Crippen molar-refractivity contribution in [2.75, 3.05) is 0 Å². The van der Waals surface area contributed by atoms with Gasteiger partial charge in [0.05, 0.1) is 0 Å².